The van der Waals surface area contributed by atoms with Gasteiger partial charge in [-0.2, -0.15) is 5.10 Å². The number of nitrogens with one attached hydrogen (secondary N) is 2. The summed E-state index contributed by atoms with van der Waals surface area (Å²) >= 11 is 0. The Morgan fingerprint density at radius 1 is 1.25 bits per heavy atom. The maximum Gasteiger partial charge on any atom is 0.315 e. The molecule has 0 aromatic carbocycles. The van der Waals surface area contributed by atoms with Gasteiger partial charge < -0.3 is 15.5 Å². The summed E-state index contributed by atoms with van der Waals surface area (Å²) in [5.74, 6) is 0.491. The molecule has 1 saturated heterocycles. The van der Waals surface area contributed by atoms with Crippen LogP contribution < -0.4 is 10.6 Å². The van der Waals surface area contributed by atoms with Crippen LogP contribution in [0.25, 0.3) is 0 Å². The first-order chi connectivity index (χ1) is 11.6. The normalized spacial score (nSPS) is 21.7. The summed E-state index contributed by atoms with van der Waals surface area (Å²) in [7, 11) is 1.85. The van der Waals surface area contributed by atoms with Crippen LogP contribution in [0.3, 0.4) is 0 Å². The third kappa shape index (κ3) is 4.07. The van der Waals surface area contributed by atoms with Crippen LogP contribution in [0.1, 0.15) is 44.2 Å². The first-order valence-corrected chi connectivity index (χ1v) is 8.93. The minimum atomic E-state index is -0.187. The number of aryl methyl sites for hydroxylation is 1. The van der Waals surface area contributed by atoms with Gasteiger partial charge in [0.25, 0.3) is 0 Å². The number of rotatable bonds is 4. The van der Waals surface area contributed by atoms with E-state index in [-0.39, 0.29) is 23.9 Å². The van der Waals surface area contributed by atoms with E-state index in [1.807, 2.05) is 18.0 Å². The van der Waals surface area contributed by atoms with Crippen LogP contribution in [-0.4, -0.2) is 45.8 Å². The molecule has 0 bridgehead atoms. The van der Waals surface area contributed by atoms with E-state index in [2.05, 4.69) is 15.7 Å². The lowest BCUT2D eigenvalue weighted by molar-refractivity contribution is -0.135. The van der Waals surface area contributed by atoms with Gasteiger partial charge in [-0.25, -0.2) is 4.79 Å². The van der Waals surface area contributed by atoms with Crippen molar-refractivity contribution in [3.8, 4) is 0 Å². The second-order valence-electron chi connectivity index (χ2n) is 6.88. The Bertz CT molecular complexity index is 579. The van der Waals surface area contributed by atoms with E-state index < -0.39 is 0 Å². The Balaban J connectivity index is 1.41. The molecule has 0 unspecified atom stereocenters. The fourth-order valence-electron chi connectivity index (χ4n) is 3.67. The lowest BCUT2D eigenvalue weighted by Crippen LogP contribution is -2.44. The van der Waals surface area contributed by atoms with E-state index in [0.29, 0.717) is 13.1 Å². The van der Waals surface area contributed by atoms with Crippen molar-refractivity contribution >= 4 is 11.9 Å². The Kier molecular flexibility index (Phi) is 5.37. The SMILES string of the molecule is Cn1nccc1CNC(=O)N[C@H]1CCN(C(=O)C2CCCCC2)C1. The Labute approximate surface area is 142 Å². The standard InChI is InChI=1S/C17H27N5O2/c1-21-15(7-9-19-21)11-18-17(24)20-14-8-10-22(12-14)16(23)13-5-3-2-4-6-13/h7,9,13-14H,2-6,8,10-12H2,1H3,(H2,18,20,24)/t14-/m0/s1. The van der Waals surface area contributed by atoms with Gasteiger partial charge in [-0.05, 0) is 25.3 Å². The van der Waals surface area contributed by atoms with E-state index in [0.717, 1.165) is 31.5 Å². The van der Waals surface area contributed by atoms with Gasteiger partial charge >= 0.3 is 6.03 Å². The molecule has 7 nitrogen and oxygen atoms in total. The van der Waals surface area contributed by atoms with Gasteiger partial charge in [-0.15, -0.1) is 0 Å². The van der Waals surface area contributed by atoms with Crippen molar-refractivity contribution in [2.45, 2.75) is 51.1 Å². The first-order valence-electron chi connectivity index (χ1n) is 8.93. The Hall–Kier alpha value is -2.05. The van der Waals surface area contributed by atoms with Gasteiger partial charge in [0, 0.05) is 38.3 Å². The highest BCUT2D eigenvalue weighted by atomic mass is 16.2. The maximum atomic E-state index is 12.5. The molecule has 0 radical (unpaired) electrons. The van der Waals surface area contributed by atoms with Crippen molar-refractivity contribution in [1.82, 2.24) is 25.3 Å². The number of amides is 3. The number of urea groups is 1. The summed E-state index contributed by atoms with van der Waals surface area (Å²) in [5, 5.41) is 9.89. The molecule has 1 aromatic heterocycles. The number of nitrogens with zero attached hydrogens (tertiary/aromatic N) is 3. The molecule has 24 heavy (non-hydrogen) atoms. The van der Waals surface area contributed by atoms with Crippen LogP contribution in [0.4, 0.5) is 4.79 Å². The van der Waals surface area contributed by atoms with Crippen molar-refractivity contribution in [3.63, 3.8) is 0 Å². The molecular formula is C17H27N5O2. The van der Waals surface area contributed by atoms with Gasteiger partial charge in [0.1, 0.15) is 0 Å². The van der Waals surface area contributed by atoms with Crippen LogP contribution in [0, 0.1) is 5.92 Å². The minimum absolute atomic E-state index is 0.0454. The van der Waals surface area contributed by atoms with Crippen LogP contribution in [0.15, 0.2) is 12.3 Å². The highest BCUT2D eigenvalue weighted by molar-refractivity contribution is 5.79. The monoisotopic (exact) mass is 333 g/mol. The summed E-state index contributed by atoms with van der Waals surface area (Å²) in [6, 6.07) is 1.73. The zero-order valence-corrected chi connectivity index (χ0v) is 14.3. The number of carbonyl (C=O) groups is 2. The number of aromatic nitrogens is 2. The zero-order chi connectivity index (χ0) is 16.9. The van der Waals surface area contributed by atoms with Gasteiger partial charge in [-0.3, -0.25) is 9.48 Å². The quantitative estimate of drug-likeness (QED) is 0.874. The van der Waals surface area contributed by atoms with Crippen molar-refractivity contribution in [3.05, 3.63) is 18.0 Å². The van der Waals surface area contributed by atoms with Gasteiger partial charge in [-0.1, -0.05) is 19.3 Å². The summed E-state index contributed by atoms with van der Waals surface area (Å²) in [4.78, 5) is 26.5. The first kappa shape index (κ1) is 16.8. The third-order valence-electron chi connectivity index (χ3n) is 5.14. The molecule has 1 saturated carbocycles. The summed E-state index contributed by atoms with van der Waals surface area (Å²) < 4.78 is 1.74. The molecule has 132 valence electrons. The van der Waals surface area contributed by atoms with Crippen molar-refractivity contribution in [1.29, 1.82) is 0 Å². The van der Waals surface area contributed by atoms with E-state index in [1.165, 1.54) is 19.3 Å². The molecule has 3 amide bonds. The molecule has 1 atom stereocenters. The van der Waals surface area contributed by atoms with E-state index in [9.17, 15) is 9.59 Å². The predicted octanol–water partition coefficient (Wildman–Crippen LogP) is 1.40. The number of carbonyl (C=O) groups excluding carboxylic acids is 2. The Morgan fingerprint density at radius 2 is 2.04 bits per heavy atom. The highest BCUT2D eigenvalue weighted by Gasteiger charge is 2.31. The number of hydrogen-bond acceptors (Lipinski definition) is 3. The molecule has 1 aliphatic carbocycles. The van der Waals surface area contributed by atoms with E-state index >= 15 is 0 Å². The molecule has 0 spiro atoms. The summed E-state index contributed by atoms with van der Waals surface area (Å²) in [6.45, 7) is 1.83. The minimum Gasteiger partial charge on any atom is -0.340 e. The van der Waals surface area contributed by atoms with Crippen LogP contribution in [-0.2, 0) is 18.4 Å². The average molecular weight is 333 g/mol. The second-order valence-corrected chi connectivity index (χ2v) is 6.88. The van der Waals surface area contributed by atoms with Crippen molar-refractivity contribution in [2.75, 3.05) is 13.1 Å². The molecule has 2 N–H and O–H groups in total. The molecular weight excluding hydrogens is 306 g/mol. The lowest BCUT2D eigenvalue weighted by atomic mass is 9.88. The molecule has 1 aromatic rings. The van der Waals surface area contributed by atoms with E-state index in [4.69, 9.17) is 0 Å². The zero-order valence-electron chi connectivity index (χ0n) is 14.3. The van der Waals surface area contributed by atoms with Gasteiger partial charge in [0.15, 0.2) is 0 Å². The molecule has 2 fully saturated rings. The topological polar surface area (TPSA) is 79.3 Å². The average Bonchev–Trinajstić information content (AvgIpc) is 3.22. The second kappa shape index (κ2) is 7.68. The highest BCUT2D eigenvalue weighted by Crippen LogP contribution is 2.26. The Morgan fingerprint density at radius 3 is 2.75 bits per heavy atom. The predicted molar refractivity (Wildman–Crippen MR) is 90.1 cm³/mol. The fourth-order valence-corrected chi connectivity index (χ4v) is 3.67. The number of likely N-dealkylation sites (tertiary alicyclic amines) is 1. The van der Waals surface area contributed by atoms with Crippen molar-refractivity contribution in [2.24, 2.45) is 13.0 Å². The largest absolute Gasteiger partial charge is 0.340 e. The lowest BCUT2D eigenvalue weighted by Gasteiger charge is -2.26. The molecule has 7 heteroatoms. The number of hydrogen-bond donors (Lipinski definition) is 2. The smallest absolute Gasteiger partial charge is 0.315 e. The van der Waals surface area contributed by atoms with Crippen molar-refractivity contribution < 1.29 is 9.59 Å². The van der Waals surface area contributed by atoms with Crippen LogP contribution in [0.2, 0.25) is 0 Å². The van der Waals surface area contributed by atoms with Gasteiger partial charge in [0.2, 0.25) is 5.91 Å². The molecule has 2 heterocycles. The van der Waals surface area contributed by atoms with Crippen LogP contribution >= 0.6 is 0 Å². The third-order valence-corrected chi connectivity index (χ3v) is 5.14. The fraction of sp³-hybridized carbons (Fsp3) is 0.706. The molecule has 1 aliphatic heterocycles. The van der Waals surface area contributed by atoms with Gasteiger partial charge in [0.05, 0.1) is 12.2 Å². The summed E-state index contributed by atoms with van der Waals surface area (Å²) in [6.07, 6.45) is 8.19. The maximum absolute atomic E-state index is 12.5. The van der Waals surface area contributed by atoms with E-state index in [1.54, 1.807) is 10.9 Å². The summed E-state index contributed by atoms with van der Waals surface area (Å²) in [5.41, 5.74) is 0.950. The van der Waals surface area contributed by atoms with Crippen LogP contribution in [0.5, 0.6) is 0 Å². The molecule has 3 rings (SSSR count). The molecule has 2 aliphatic rings.